The van der Waals surface area contributed by atoms with Crippen LogP contribution in [0.3, 0.4) is 0 Å². The average molecular weight is 215 g/mol. The molecule has 0 rings (SSSR count). The minimum Gasteiger partial charge on any atom is -0.370 e. The molecule has 0 aromatic carbocycles. The monoisotopic (exact) mass is 215 g/mol. The molecule has 15 heavy (non-hydrogen) atoms. The van der Waals surface area contributed by atoms with Gasteiger partial charge in [-0.2, -0.15) is 0 Å². The molecule has 0 heterocycles. The zero-order chi connectivity index (χ0) is 11.7. The second-order valence-electron chi connectivity index (χ2n) is 3.56. The first-order chi connectivity index (χ1) is 7.06. The largest absolute Gasteiger partial charge is 0.370 e. The Morgan fingerprint density at radius 3 is 2.53 bits per heavy atom. The maximum absolute atomic E-state index is 11.1. The van der Waals surface area contributed by atoms with E-state index < -0.39 is 0 Å². The van der Waals surface area contributed by atoms with Crippen LogP contribution < -0.4 is 16.4 Å². The number of rotatable bonds is 8. The Balaban J connectivity index is 3.41. The highest BCUT2D eigenvalue weighted by molar-refractivity contribution is 5.76. The predicted molar refractivity (Wildman–Crippen MR) is 59.2 cm³/mol. The summed E-state index contributed by atoms with van der Waals surface area (Å²) >= 11 is 0. The molecule has 0 spiro atoms. The van der Waals surface area contributed by atoms with E-state index in [1.54, 1.807) is 0 Å². The molecular formula is C10H21N3O2. The lowest BCUT2D eigenvalue weighted by Gasteiger charge is -2.12. The van der Waals surface area contributed by atoms with Gasteiger partial charge in [-0.15, -0.1) is 0 Å². The smallest absolute Gasteiger partial charge is 0.221 e. The van der Waals surface area contributed by atoms with Crippen LogP contribution in [0.2, 0.25) is 0 Å². The Hall–Kier alpha value is -1.10. The van der Waals surface area contributed by atoms with Crippen molar-refractivity contribution in [1.29, 1.82) is 0 Å². The average Bonchev–Trinajstić information content (AvgIpc) is 2.15. The number of nitrogens with two attached hydrogens (primary N) is 1. The van der Waals surface area contributed by atoms with Crippen LogP contribution >= 0.6 is 0 Å². The lowest BCUT2D eigenvalue weighted by atomic mass is 10.2. The van der Waals surface area contributed by atoms with Gasteiger partial charge in [0.1, 0.15) is 0 Å². The fraction of sp³-hybridized carbons (Fsp3) is 0.800. The third-order valence-corrected chi connectivity index (χ3v) is 2.04. The van der Waals surface area contributed by atoms with Gasteiger partial charge < -0.3 is 16.4 Å². The summed E-state index contributed by atoms with van der Waals surface area (Å²) in [6, 6.07) is 0.215. The third kappa shape index (κ3) is 9.21. The molecule has 5 nitrogen and oxygen atoms in total. The van der Waals surface area contributed by atoms with Crippen LogP contribution in [0.5, 0.6) is 0 Å². The van der Waals surface area contributed by atoms with E-state index >= 15 is 0 Å². The van der Waals surface area contributed by atoms with Gasteiger partial charge in [0.2, 0.25) is 11.8 Å². The van der Waals surface area contributed by atoms with Crippen LogP contribution in [0.25, 0.3) is 0 Å². The molecule has 1 atom stereocenters. The molecule has 88 valence electrons. The molecule has 0 saturated heterocycles. The summed E-state index contributed by atoms with van der Waals surface area (Å²) in [6.45, 7) is 5.16. The van der Waals surface area contributed by atoms with Gasteiger partial charge in [0.05, 0.1) is 0 Å². The van der Waals surface area contributed by atoms with Gasteiger partial charge in [0.25, 0.3) is 0 Å². The van der Waals surface area contributed by atoms with Crippen LogP contribution in [0.1, 0.15) is 33.1 Å². The molecule has 0 aliphatic heterocycles. The molecule has 2 amide bonds. The van der Waals surface area contributed by atoms with Crippen LogP contribution in [0.4, 0.5) is 0 Å². The first-order valence-corrected chi connectivity index (χ1v) is 5.34. The summed E-state index contributed by atoms with van der Waals surface area (Å²) in [5, 5.41) is 5.88. The zero-order valence-electron chi connectivity index (χ0n) is 9.51. The maximum Gasteiger partial charge on any atom is 0.221 e. The van der Waals surface area contributed by atoms with Crippen molar-refractivity contribution in [1.82, 2.24) is 10.6 Å². The molecule has 0 aromatic rings. The molecular weight excluding hydrogens is 194 g/mol. The van der Waals surface area contributed by atoms with Crippen molar-refractivity contribution in [3.63, 3.8) is 0 Å². The van der Waals surface area contributed by atoms with Gasteiger partial charge >= 0.3 is 0 Å². The lowest BCUT2D eigenvalue weighted by Crippen LogP contribution is -2.32. The molecule has 0 bridgehead atoms. The van der Waals surface area contributed by atoms with E-state index in [9.17, 15) is 9.59 Å². The Labute approximate surface area is 90.8 Å². The fourth-order valence-corrected chi connectivity index (χ4v) is 1.18. The standard InChI is InChI=1S/C10H21N3O2/c1-3-12-10(15)6-7-13-8(2)4-5-9(11)14/h8,13H,3-7H2,1-2H3,(H2,11,14)(H,12,15). The lowest BCUT2D eigenvalue weighted by molar-refractivity contribution is -0.121. The van der Waals surface area contributed by atoms with E-state index in [1.807, 2.05) is 13.8 Å². The summed E-state index contributed by atoms with van der Waals surface area (Å²) in [5.74, 6) is -0.237. The third-order valence-electron chi connectivity index (χ3n) is 2.04. The second kappa shape index (κ2) is 8.23. The van der Waals surface area contributed by atoms with Gasteiger partial charge in [-0.3, -0.25) is 9.59 Å². The first kappa shape index (κ1) is 13.9. The van der Waals surface area contributed by atoms with Crippen molar-refractivity contribution in [2.75, 3.05) is 13.1 Å². The van der Waals surface area contributed by atoms with E-state index in [0.29, 0.717) is 32.4 Å². The number of hydrogen-bond acceptors (Lipinski definition) is 3. The number of carbonyl (C=O) groups excluding carboxylic acids is 2. The molecule has 0 radical (unpaired) electrons. The first-order valence-electron chi connectivity index (χ1n) is 5.34. The normalized spacial score (nSPS) is 12.1. The maximum atomic E-state index is 11.1. The van der Waals surface area contributed by atoms with Crippen molar-refractivity contribution >= 4 is 11.8 Å². The van der Waals surface area contributed by atoms with E-state index in [4.69, 9.17) is 5.73 Å². The Morgan fingerprint density at radius 1 is 1.33 bits per heavy atom. The summed E-state index contributed by atoms with van der Waals surface area (Å²) in [4.78, 5) is 21.6. The summed E-state index contributed by atoms with van der Waals surface area (Å²) < 4.78 is 0. The molecule has 1 unspecified atom stereocenters. The summed E-state index contributed by atoms with van der Waals surface area (Å²) in [7, 11) is 0. The second-order valence-corrected chi connectivity index (χ2v) is 3.56. The molecule has 0 fully saturated rings. The molecule has 5 heteroatoms. The van der Waals surface area contributed by atoms with Gasteiger partial charge in [-0.25, -0.2) is 0 Å². The zero-order valence-corrected chi connectivity index (χ0v) is 9.51. The minimum atomic E-state index is -0.285. The van der Waals surface area contributed by atoms with Crippen molar-refractivity contribution in [3.05, 3.63) is 0 Å². The number of nitrogens with one attached hydrogen (secondary N) is 2. The van der Waals surface area contributed by atoms with Crippen LogP contribution in [0, 0.1) is 0 Å². The van der Waals surface area contributed by atoms with E-state index in [0.717, 1.165) is 0 Å². The van der Waals surface area contributed by atoms with Gasteiger partial charge in [0.15, 0.2) is 0 Å². The Bertz CT molecular complexity index is 207. The topological polar surface area (TPSA) is 84.2 Å². The molecule has 4 N–H and O–H groups in total. The Kier molecular flexibility index (Phi) is 7.62. The van der Waals surface area contributed by atoms with Crippen LogP contribution in [-0.4, -0.2) is 30.9 Å². The fourth-order valence-electron chi connectivity index (χ4n) is 1.18. The number of hydrogen-bond donors (Lipinski definition) is 3. The minimum absolute atomic E-state index is 0.0482. The van der Waals surface area contributed by atoms with Crippen molar-refractivity contribution in [2.24, 2.45) is 5.73 Å². The molecule has 0 aliphatic carbocycles. The van der Waals surface area contributed by atoms with Gasteiger partial charge in [-0.1, -0.05) is 0 Å². The number of amides is 2. The number of primary amides is 1. The Morgan fingerprint density at radius 2 is 2.00 bits per heavy atom. The van der Waals surface area contributed by atoms with Crippen LogP contribution in [-0.2, 0) is 9.59 Å². The van der Waals surface area contributed by atoms with Crippen molar-refractivity contribution < 1.29 is 9.59 Å². The van der Waals surface area contributed by atoms with E-state index in [1.165, 1.54) is 0 Å². The summed E-state index contributed by atoms with van der Waals surface area (Å²) in [5.41, 5.74) is 5.03. The van der Waals surface area contributed by atoms with E-state index in [-0.39, 0.29) is 17.9 Å². The van der Waals surface area contributed by atoms with Gasteiger partial charge in [0, 0.05) is 32.0 Å². The van der Waals surface area contributed by atoms with E-state index in [2.05, 4.69) is 10.6 Å². The predicted octanol–water partition coefficient (Wildman–Crippen LogP) is -0.244. The van der Waals surface area contributed by atoms with Crippen molar-refractivity contribution in [3.8, 4) is 0 Å². The quantitative estimate of drug-likeness (QED) is 0.522. The molecule has 0 aliphatic rings. The summed E-state index contributed by atoms with van der Waals surface area (Å²) in [6.07, 6.45) is 1.56. The van der Waals surface area contributed by atoms with Crippen molar-refractivity contribution in [2.45, 2.75) is 39.2 Å². The molecule has 0 saturated carbocycles. The number of carbonyl (C=O) groups is 2. The van der Waals surface area contributed by atoms with Crippen LogP contribution in [0.15, 0.2) is 0 Å². The highest BCUT2D eigenvalue weighted by Gasteiger charge is 2.04. The van der Waals surface area contributed by atoms with Gasteiger partial charge in [-0.05, 0) is 20.3 Å². The highest BCUT2D eigenvalue weighted by atomic mass is 16.1. The molecule has 0 aromatic heterocycles. The highest BCUT2D eigenvalue weighted by Crippen LogP contribution is 1.95. The SMILES string of the molecule is CCNC(=O)CCNC(C)CCC(N)=O.